The van der Waals surface area contributed by atoms with Crippen molar-refractivity contribution in [3.8, 4) is 0 Å². The lowest BCUT2D eigenvalue weighted by atomic mass is 9.87. The van der Waals surface area contributed by atoms with E-state index in [1.165, 1.54) is 42.8 Å². The summed E-state index contributed by atoms with van der Waals surface area (Å²) in [5.74, 6) is -1.20. The van der Waals surface area contributed by atoms with Gasteiger partial charge in [0.15, 0.2) is 17.7 Å². The van der Waals surface area contributed by atoms with E-state index in [4.69, 9.17) is 16.2 Å². The van der Waals surface area contributed by atoms with E-state index in [9.17, 15) is 42.8 Å². The molecule has 0 bridgehead atoms. The molecule has 3 rings (SSSR count). The predicted octanol–water partition coefficient (Wildman–Crippen LogP) is -2.92. The first-order valence-corrected chi connectivity index (χ1v) is 19.4. The topological polar surface area (TPSA) is 319 Å². The number of amides is 2. The molecule has 0 aliphatic carbocycles. The molecule has 0 radical (unpaired) electrons. The second kappa shape index (κ2) is 18.2. The molecule has 1 aliphatic heterocycles. The fraction of sp³-hybridized carbons (Fsp3) is 0.741. The molecule has 1 saturated heterocycles. The van der Waals surface area contributed by atoms with E-state index in [1.54, 1.807) is 0 Å². The van der Waals surface area contributed by atoms with Crippen LogP contribution in [-0.2, 0) is 33.4 Å². The average Bonchev–Trinajstić information content (AvgIpc) is 3.60. The number of carbonyl (C=O) groups is 2. The van der Waals surface area contributed by atoms with Crippen molar-refractivity contribution in [3.05, 3.63) is 12.7 Å². The number of aliphatic hydroxyl groups excluding tert-OH is 3. The van der Waals surface area contributed by atoms with E-state index in [-0.39, 0.29) is 54.7 Å². The number of nitrogens with one attached hydrogen (secondary N) is 3. The van der Waals surface area contributed by atoms with Crippen LogP contribution in [0.5, 0.6) is 0 Å². The number of sulfonamides is 1. The van der Waals surface area contributed by atoms with E-state index < -0.39 is 84.0 Å². The number of imidazole rings is 1. The summed E-state index contributed by atoms with van der Waals surface area (Å²) in [5, 5.41) is 36.1. The molecule has 1 fully saturated rings. The van der Waals surface area contributed by atoms with Crippen molar-refractivity contribution in [3.63, 3.8) is 0 Å². The molecule has 1 aliphatic rings. The summed E-state index contributed by atoms with van der Waals surface area (Å²) in [5.41, 5.74) is 11.5. The molecule has 2 aromatic rings. The lowest BCUT2D eigenvalue weighted by molar-refractivity contribution is -0.189. The Morgan fingerprint density at radius 3 is 2.56 bits per heavy atom. The van der Waals surface area contributed by atoms with Crippen molar-refractivity contribution in [2.75, 3.05) is 43.5 Å². The number of hydrogen-bond acceptors (Lipinski definition) is 17. The van der Waals surface area contributed by atoms with E-state index in [2.05, 4.69) is 34.8 Å². The molecule has 10 N–H and O–H groups in total. The molecule has 2 amide bonds. The first kappa shape index (κ1) is 41.8. The van der Waals surface area contributed by atoms with E-state index in [1.807, 2.05) is 13.8 Å². The van der Waals surface area contributed by atoms with Crippen molar-refractivity contribution in [2.45, 2.75) is 76.1 Å². The van der Waals surface area contributed by atoms with Crippen molar-refractivity contribution in [1.82, 2.24) is 34.9 Å². The number of thioether (sulfide) groups is 1. The summed E-state index contributed by atoms with van der Waals surface area (Å²) < 4.78 is 51.1. The Bertz CT molecular complexity index is 1580. The third-order valence-electron chi connectivity index (χ3n) is 8.02. The third kappa shape index (κ3) is 11.4. The molecular weight excluding hydrogens is 721 g/mol. The van der Waals surface area contributed by atoms with Gasteiger partial charge in [-0.25, -0.2) is 28.1 Å². The quantitative estimate of drug-likeness (QED) is 0.0494. The highest BCUT2D eigenvalue weighted by Crippen LogP contribution is 2.32. The minimum atomic E-state index is -3.96. The SMILES string of the molecule is CC(C)[C@@H](N)[C@H](CS(=O)(=O)NC[C@H]1O[C@@H](n2cnc3c(N)ncnc32)[C@H](O)[C@@H]1O)SCCNC(=O)CCNC(=O)[C@H](O)C(C)(C)CO[P+](=O)[O-]. The number of ether oxygens (including phenoxy) is 1. The van der Waals surface area contributed by atoms with Crippen LogP contribution >= 0.6 is 20.0 Å². The van der Waals surface area contributed by atoms with Crippen LogP contribution in [0.25, 0.3) is 11.2 Å². The van der Waals surface area contributed by atoms with Gasteiger partial charge in [-0.2, -0.15) is 11.8 Å². The van der Waals surface area contributed by atoms with Crippen LogP contribution in [0.2, 0.25) is 0 Å². The molecule has 2 aromatic heterocycles. The number of anilines is 1. The number of hydrogen-bond donors (Lipinski definition) is 8. The summed E-state index contributed by atoms with van der Waals surface area (Å²) >= 11 is 1.26. The maximum Gasteiger partial charge on any atom is 0.488 e. The van der Waals surface area contributed by atoms with Crippen LogP contribution in [0.15, 0.2) is 12.7 Å². The molecule has 50 heavy (non-hydrogen) atoms. The van der Waals surface area contributed by atoms with E-state index >= 15 is 0 Å². The first-order valence-electron chi connectivity index (χ1n) is 15.6. The zero-order valence-electron chi connectivity index (χ0n) is 28.0. The van der Waals surface area contributed by atoms with Gasteiger partial charge in [-0.15, -0.1) is 4.52 Å². The Labute approximate surface area is 294 Å². The summed E-state index contributed by atoms with van der Waals surface area (Å²) in [6.07, 6.45) is -4.23. The van der Waals surface area contributed by atoms with Crippen LogP contribution in [0, 0.1) is 11.3 Å². The third-order valence-corrected chi connectivity index (χ3v) is 11.3. The number of aliphatic hydroxyl groups is 3. The molecule has 23 heteroatoms. The van der Waals surface area contributed by atoms with Gasteiger partial charge >= 0.3 is 8.25 Å². The van der Waals surface area contributed by atoms with Gasteiger partial charge in [0.05, 0.1) is 12.1 Å². The maximum absolute atomic E-state index is 13.1. The van der Waals surface area contributed by atoms with Gasteiger partial charge in [0.2, 0.25) is 21.8 Å². The van der Waals surface area contributed by atoms with E-state index in [0.717, 1.165) is 0 Å². The molecule has 3 heterocycles. The monoisotopic (exact) mass is 767 g/mol. The number of aromatic nitrogens is 4. The normalized spacial score (nSPS) is 22.0. The van der Waals surface area contributed by atoms with Crippen molar-refractivity contribution < 1.29 is 52.0 Å². The zero-order valence-corrected chi connectivity index (χ0v) is 30.6. The summed E-state index contributed by atoms with van der Waals surface area (Å²) in [6, 6.07) is -0.527. The van der Waals surface area contributed by atoms with Gasteiger partial charge in [-0.05, 0) is 10.5 Å². The average molecular weight is 768 g/mol. The minimum Gasteiger partial charge on any atom is -0.566 e. The Hall–Kier alpha value is -2.63. The number of nitrogens with zero attached hydrogens (tertiary/aromatic N) is 4. The number of rotatable bonds is 20. The van der Waals surface area contributed by atoms with E-state index in [0.29, 0.717) is 5.75 Å². The van der Waals surface area contributed by atoms with Crippen molar-refractivity contribution >= 4 is 58.8 Å². The Morgan fingerprint density at radius 1 is 1.20 bits per heavy atom. The standard InChI is InChI=1S/C27H46N9O11PS2/c1-14(2)18(28)16(49-8-7-30-17(37)5-6-31-25(41)22(40)27(3,4)11-46-48(42)43)10-50(44,45)35-9-15-20(38)21(39)26(47-15)36-13-34-19-23(29)32-12-33-24(19)36/h12-16,18,20-22,26,35,38-40H,5-11,28H2,1-4H3,(H,30,37)(H,31,41)(H2,29,32,33)/t15-,16+,18-,20-,21-,22+,26-/m1/s1. The van der Waals surface area contributed by atoms with Gasteiger partial charge in [-0.1, -0.05) is 27.7 Å². The second-order valence-electron chi connectivity index (χ2n) is 12.8. The fourth-order valence-electron chi connectivity index (χ4n) is 4.91. The Kier molecular flexibility index (Phi) is 15.2. The molecule has 1 unspecified atom stereocenters. The molecule has 8 atom stereocenters. The summed E-state index contributed by atoms with van der Waals surface area (Å²) in [4.78, 5) is 47.3. The number of carbonyl (C=O) groups excluding carboxylic acids is 2. The van der Waals surface area contributed by atoms with Crippen LogP contribution in [0.3, 0.4) is 0 Å². The summed E-state index contributed by atoms with van der Waals surface area (Å²) in [6.45, 7) is 5.95. The van der Waals surface area contributed by atoms with Gasteiger partial charge < -0.3 is 47.1 Å². The largest absolute Gasteiger partial charge is 0.566 e. The molecular formula is C27H46N9O11PS2. The van der Waals surface area contributed by atoms with Gasteiger partial charge in [0.1, 0.15) is 42.9 Å². The van der Waals surface area contributed by atoms with Gasteiger partial charge in [0.25, 0.3) is 0 Å². The number of fused-ring (bicyclic) bond motifs is 1. The smallest absolute Gasteiger partial charge is 0.488 e. The van der Waals surface area contributed by atoms with Gasteiger partial charge in [-0.3, -0.25) is 14.2 Å². The highest BCUT2D eigenvalue weighted by atomic mass is 32.2. The highest BCUT2D eigenvalue weighted by molar-refractivity contribution is 8.01. The maximum atomic E-state index is 13.1. The number of nitrogens with two attached hydrogens (primary N) is 2. The predicted molar refractivity (Wildman–Crippen MR) is 180 cm³/mol. The molecule has 20 nitrogen and oxygen atoms in total. The minimum absolute atomic E-state index is 0.0745. The second-order valence-corrected chi connectivity index (χ2v) is 16.7. The van der Waals surface area contributed by atoms with Crippen molar-refractivity contribution in [1.29, 1.82) is 0 Å². The molecule has 282 valence electrons. The molecule has 0 saturated carbocycles. The zero-order chi connectivity index (χ0) is 37.4. The van der Waals surface area contributed by atoms with Crippen LogP contribution in [-0.4, -0.2) is 129 Å². The lowest BCUT2D eigenvalue weighted by Gasteiger charge is -2.27. The first-order chi connectivity index (χ1) is 23.3. The summed E-state index contributed by atoms with van der Waals surface area (Å²) in [7, 11) is -7.10. The van der Waals surface area contributed by atoms with Crippen LogP contribution in [0.1, 0.15) is 40.3 Å². The van der Waals surface area contributed by atoms with Crippen LogP contribution < -0.4 is 31.7 Å². The molecule has 0 spiro atoms. The van der Waals surface area contributed by atoms with Crippen LogP contribution in [0.4, 0.5) is 5.82 Å². The van der Waals surface area contributed by atoms with Crippen molar-refractivity contribution in [2.24, 2.45) is 17.1 Å². The lowest BCUT2D eigenvalue weighted by Crippen LogP contribution is -2.46. The molecule has 0 aromatic carbocycles. The fourth-order valence-corrected chi connectivity index (χ4v) is 8.52. The van der Waals surface area contributed by atoms with Gasteiger partial charge in [0, 0.05) is 48.5 Å². The highest BCUT2D eigenvalue weighted by Gasteiger charge is 2.45. The Balaban J connectivity index is 1.46. The Morgan fingerprint density at radius 2 is 1.90 bits per heavy atom. The number of nitrogen functional groups attached to an aromatic ring is 1.